The zero-order valence-corrected chi connectivity index (χ0v) is 13.5. The molecule has 1 aromatic heterocycles. The summed E-state index contributed by atoms with van der Waals surface area (Å²) < 4.78 is 10.4. The van der Waals surface area contributed by atoms with Gasteiger partial charge in [-0.2, -0.15) is 0 Å². The van der Waals surface area contributed by atoms with E-state index < -0.39 is 5.63 Å². The molecular weight excluding hydrogens is 306 g/mol. The van der Waals surface area contributed by atoms with E-state index >= 15 is 0 Å². The molecule has 2 aromatic carbocycles. The summed E-state index contributed by atoms with van der Waals surface area (Å²) in [4.78, 5) is 23.7. The third-order valence-electron chi connectivity index (χ3n) is 3.78. The van der Waals surface area contributed by atoms with Crippen molar-refractivity contribution in [2.24, 2.45) is 0 Å². The van der Waals surface area contributed by atoms with Gasteiger partial charge >= 0.3 is 5.63 Å². The molecule has 3 rings (SSSR count). The van der Waals surface area contributed by atoms with Crippen LogP contribution in [0.2, 0.25) is 0 Å². The zero-order valence-electron chi connectivity index (χ0n) is 13.5. The smallest absolute Gasteiger partial charge is 0.336 e. The lowest BCUT2D eigenvalue weighted by molar-refractivity contribution is -0.115. The van der Waals surface area contributed by atoms with Crippen LogP contribution < -0.4 is 15.7 Å². The van der Waals surface area contributed by atoms with E-state index in [9.17, 15) is 9.59 Å². The molecule has 122 valence electrons. The molecule has 3 aromatic rings. The minimum absolute atomic E-state index is 0.172. The molecule has 1 amide bonds. The molecular formula is C19H17NO4. The minimum atomic E-state index is -0.405. The molecule has 0 aliphatic carbocycles. The van der Waals surface area contributed by atoms with Crippen molar-refractivity contribution in [2.75, 3.05) is 12.4 Å². The predicted octanol–water partition coefficient (Wildman–Crippen LogP) is 3.29. The molecule has 0 saturated carbocycles. The van der Waals surface area contributed by atoms with Crippen LogP contribution in [-0.2, 0) is 11.2 Å². The van der Waals surface area contributed by atoms with Crippen LogP contribution in [0.5, 0.6) is 5.75 Å². The van der Waals surface area contributed by atoms with Crippen LogP contribution in [-0.4, -0.2) is 13.0 Å². The number of carbonyl (C=O) groups is 1. The molecule has 5 heteroatoms. The molecule has 0 aliphatic rings. The van der Waals surface area contributed by atoms with E-state index in [1.165, 1.54) is 6.07 Å². The lowest BCUT2D eigenvalue weighted by Crippen LogP contribution is -2.15. The number of nitrogens with one attached hydrogen (secondary N) is 1. The van der Waals surface area contributed by atoms with Crippen LogP contribution in [0.25, 0.3) is 11.0 Å². The number of methoxy groups -OCH3 is 1. The number of carbonyl (C=O) groups excluding carboxylic acids is 1. The normalized spacial score (nSPS) is 10.6. The van der Waals surface area contributed by atoms with E-state index in [0.717, 1.165) is 16.5 Å². The van der Waals surface area contributed by atoms with E-state index in [1.807, 2.05) is 37.3 Å². The summed E-state index contributed by atoms with van der Waals surface area (Å²) in [5, 5.41) is 3.66. The van der Waals surface area contributed by atoms with Crippen molar-refractivity contribution in [1.82, 2.24) is 0 Å². The molecule has 5 nitrogen and oxygen atoms in total. The van der Waals surface area contributed by atoms with Gasteiger partial charge in [-0.1, -0.05) is 18.2 Å². The highest BCUT2D eigenvalue weighted by Gasteiger charge is 2.10. The number of aryl methyl sites for hydroxylation is 1. The summed E-state index contributed by atoms with van der Waals surface area (Å²) in [6.45, 7) is 1.85. The second-order valence-electron chi connectivity index (χ2n) is 5.50. The van der Waals surface area contributed by atoms with E-state index in [0.29, 0.717) is 17.0 Å². The van der Waals surface area contributed by atoms with Crippen molar-refractivity contribution < 1.29 is 13.9 Å². The second-order valence-corrected chi connectivity index (χ2v) is 5.50. The Balaban J connectivity index is 1.82. The summed E-state index contributed by atoms with van der Waals surface area (Å²) in [6, 6.07) is 14.1. The quantitative estimate of drug-likeness (QED) is 0.748. The van der Waals surface area contributed by atoms with Gasteiger partial charge in [0.25, 0.3) is 0 Å². The Bertz CT molecular complexity index is 959. The van der Waals surface area contributed by atoms with Gasteiger partial charge < -0.3 is 14.5 Å². The zero-order chi connectivity index (χ0) is 17.1. The maximum absolute atomic E-state index is 12.3. The average molecular weight is 323 g/mol. The molecule has 24 heavy (non-hydrogen) atoms. The molecule has 0 saturated heterocycles. The van der Waals surface area contributed by atoms with Crippen molar-refractivity contribution in [3.8, 4) is 5.75 Å². The van der Waals surface area contributed by atoms with E-state index in [2.05, 4.69) is 5.32 Å². The Morgan fingerprint density at radius 2 is 1.96 bits per heavy atom. The van der Waals surface area contributed by atoms with E-state index in [-0.39, 0.29) is 12.3 Å². The molecule has 1 heterocycles. The highest BCUT2D eigenvalue weighted by atomic mass is 16.5. The monoisotopic (exact) mass is 323 g/mol. The largest absolute Gasteiger partial charge is 0.496 e. The Morgan fingerprint density at radius 3 is 2.75 bits per heavy atom. The number of rotatable bonds is 4. The Labute approximate surface area is 138 Å². The second kappa shape index (κ2) is 6.58. The summed E-state index contributed by atoms with van der Waals surface area (Å²) in [5.74, 6) is 0.502. The van der Waals surface area contributed by atoms with Gasteiger partial charge in [0.2, 0.25) is 5.91 Å². The minimum Gasteiger partial charge on any atom is -0.496 e. The number of hydrogen-bond donors (Lipinski definition) is 1. The Hall–Kier alpha value is -3.08. The maximum Gasteiger partial charge on any atom is 0.336 e. The van der Waals surface area contributed by atoms with Gasteiger partial charge in [-0.05, 0) is 30.7 Å². The summed E-state index contributed by atoms with van der Waals surface area (Å²) >= 11 is 0. The molecule has 0 fully saturated rings. The Kier molecular flexibility index (Phi) is 4.33. The number of fused-ring (bicyclic) bond motifs is 1. The number of para-hydroxylation sites is 1. The number of ether oxygens (including phenoxy) is 1. The standard InChI is InChI=1S/C19H17NO4/c1-12-9-19(22)24-17-11-14(7-8-15(12)17)20-18(21)10-13-5-3-4-6-16(13)23-2/h3-9,11H,10H2,1-2H3,(H,20,21). The molecule has 1 N–H and O–H groups in total. The molecule has 0 aliphatic heterocycles. The van der Waals surface area contributed by atoms with Crippen LogP contribution in [0, 0.1) is 6.92 Å². The average Bonchev–Trinajstić information content (AvgIpc) is 2.54. The highest BCUT2D eigenvalue weighted by molar-refractivity contribution is 5.95. The predicted molar refractivity (Wildman–Crippen MR) is 92.5 cm³/mol. The van der Waals surface area contributed by atoms with Crippen molar-refractivity contribution in [3.63, 3.8) is 0 Å². The fourth-order valence-electron chi connectivity index (χ4n) is 2.63. The van der Waals surface area contributed by atoms with Gasteiger partial charge in [-0.25, -0.2) is 4.79 Å². The van der Waals surface area contributed by atoms with E-state index in [1.54, 1.807) is 19.2 Å². The van der Waals surface area contributed by atoms with Crippen LogP contribution in [0.4, 0.5) is 5.69 Å². The van der Waals surface area contributed by atoms with Crippen LogP contribution >= 0.6 is 0 Å². The number of hydrogen-bond acceptors (Lipinski definition) is 4. The molecule has 0 atom stereocenters. The van der Waals surface area contributed by atoms with Crippen molar-refractivity contribution in [2.45, 2.75) is 13.3 Å². The highest BCUT2D eigenvalue weighted by Crippen LogP contribution is 2.22. The van der Waals surface area contributed by atoms with Crippen molar-refractivity contribution in [3.05, 3.63) is 70.1 Å². The van der Waals surface area contributed by atoms with Gasteiger partial charge in [0.15, 0.2) is 0 Å². The maximum atomic E-state index is 12.3. The molecule has 0 radical (unpaired) electrons. The van der Waals surface area contributed by atoms with Crippen LogP contribution in [0.3, 0.4) is 0 Å². The van der Waals surface area contributed by atoms with Crippen LogP contribution in [0.15, 0.2) is 57.7 Å². The van der Waals surface area contributed by atoms with Gasteiger partial charge in [0.05, 0.1) is 13.5 Å². The first-order valence-electron chi connectivity index (χ1n) is 7.53. The van der Waals surface area contributed by atoms with Crippen LogP contribution in [0.1, 0.15) is 11.1 Å². The van der Waals surface area contributed by atoms with Gasteiger partial charge in [0.1, 0.15) is 11.3 Å². The summed E-state index contributed by atoms with van der Waals surface area (Å²) in [6.07, 6.45) is 0.194. The van der Waals surface area contributed by atoms with Gasteiger partial charge in [-0.15, -0.1) is 0 Å². The molecule has 0 bridgehead atoms. The molecule has 0 spiro atoms. The van der Waals surface area contributed by atoms with Crippen molar-refractivity contribution >= 4 is 22.6 Å². The van der Waals surface area contributed by atoms with E-state index in [4.69, 9.17) is 9.15 Å². The third kappa shape index (κ3) is 3.30. The topological polar surface area (TPSA) is 68.5 Å². The fourth-order valence-corrected chi connectivity index (χ4v) is 2.63. The lowest BCUT2D eigenvalue weighted by atomic mass is 10.1. The first-order valence-corrected chi connectivity index (χ1v) is 7.53. The van der Waals surface area contributed by atoms with Crippen molar-refractivity contribution in [1.29, 1.82) is 0 Å². The SMILES string of the molecule is COc1ccccc1CC(=O)Nc1ccc2c(C)cc(=O)oc2c1. The summed E-state index contributed by atoms with van der Waals surface area (Å²) in [7, 11) is 1.57. The fraction of sp³-hybridized carbons (Fsp3) is 0.158. The Morgan fingerprint density at radius 1 is 1.17 bits per heavy atom. The first-order chi connectivity index (χ1) is 11.6. The number of amides is 1. The first kappa shape index (κ1) is 15.8. The number of benzene rings is 2. The summed E-state index contributed by atoms with van der Waals surface area (Å²) in [5.41, 5.74) is 2.28. The molecule has 0 unspecified atom stereocenters. The van der Waals surface area contributed by atoms with Gasteiger partial charge in [0, 0.05) is 28.8 Å². The number of anilines is 1. The third-order valence-corrected chi connectivity index (χ3v) is 3.78. The lowest BCUT2D eigenvalue weighted by Gasteiger charge is -2.09. The van der Waals surface area contributed by atoms with Gasteiger partial charge in [-0.3, -0.25) is 4.79 Å².